The first-order valence-corrected chi connectivity index (χ1v) is 8.38. The Morgan fingerprint density at radius 2 is 1.95 bits per heavy atom. The number of rotatable bonds is 6. The van der Waals surface area contributed by atoms with E-state index in [4.69, 9.17) is 0 Å². The van der Waals surface area contributed by atoms with Crippen molar-refractivity contribution >= 4 is 10.8 Å². The van der Waals surface area contributed by atoms with E-state index in [2.05, 4.69) is 28.5 Å². The fraction of sp³-hybridized carbons (Fsp3) is 0.312. The van der Waals surface area contributed by atoms with Crippen molar-refractivity contribution in [1.82, 2.24) is 10.3 Å². The monoisotopic (exact) mass is 288 g/mol. The fourth-order valence-electron chi connectivity index (χ4n) is 2.13. The van der Waals surface area contributed by atoms with Crippen molar-refractivity contribution in [1.29, 1.82) is 0 Å². The molecule has 106 valence electrons. The van der Waals surface area contributed by atoms with E-state index in [1.54, 1.807) is 12.5 Å². The zero-order valence-corrected chi connectivity index (χ0v) is 12.7. The van der Waals surface area contributed by atoms with E-state index in [0.29, 0.717) is 5.75 Å². The fourth-order valence-corrected chi connectivity index (χ4v) is 2.91. The highest BCUT2D eigenvalue weighted by Gasteiger charge is 2.13. The van der Waals surface area contributed by atoms with Crippen LogP contribution < -0.4 is 5.32 Å². The van der Waals surface area contributed by atoms with Crippen LogP contribution in [-0.2, 0) is 17.3 Å². The summed E-state index contributed by atoms with van der Waals surface area (Å²) in [5.41, 5.74) is 3.38. The van der Waals surface area contributed by atoms with E-state index >= 15 is 0 Å². The van der Waals surface area contributed by atoms with Crippen molar-refractivity contribution < 1.29 is 4.21 Å². The molecule has 0 aliphatic heterocycles. The number of aryl methyl sites for hydroxylation is 1. The summed E-state index contributed by atoms with van der Waals surface area (Å²) in [5, 5.41) is 3.49. The molecule has 1 aromatic carbocycles. The first-order valence-electron chi connectivity index (χ1n) is 6.65. The molecule has 0 unspecified atom stereocenters. The van der Waals surface area contributed by atoms with E-state index in [-0.39, 0.29) is 6.04 Å². The lowest BCUT2D eigenvalue weighted by molar-refractivity contribution is 0.572. The van der Waals surface area contributed by atoms with E-state index in [9.17, 15) is 4.21 Å². The molecular weight excluding hydrogens is 268 g/mol. The number of pyridine rings is 1. The molecule has 0 amide bonds. The van der Waals surface area contributed by atoms with Crippen molar-refractivity contribution in [3.63, 3.8) is 0 Å². The van der Waals surface area contributed by atoms with Gasteiger partial charge in [0.1, 0.15) is 0 Å². The van der Waals surface area contributed by atoms with Gasteiger partial charge in [0.2, 0.25) is 0 Å². The molecule has 0 aliphatic rings. The second-order valence-corrected chi connectivity index (χ2v) is 6.31. The lowest BCUT2D eigenvalue weighted by atomic mass is 10.1. The molecule has 1 heterocycles. The third-order valence-electron chi connectivity index (χ3n) is 3.26. The van der Waals surface area contributed by atoms with Gasteiger partial charge in [-0.05, 0) is 24.1 Å². The number of nitrogens with zero attached hydrogens (tertiary/aromatic N) is 1. The highest BCUT2D eigenvalue weighted by atomic mass is 32.2. The molecule has 2 aromatic rings. The van der Waals surface area contributed by atoms with Gasteiger partial charge in [0.05, 0.1) is 0 Å². The SMILES string of the molecule is Cc1ncccc1CN[C@H](C[S@](C)=O)c1ccccc1. The van der Waals surface area contributed by atoms with Gasteiger partial charge < -0.3 is 5.32 Å². The van der Waals surface area contributed by atoms with Gasteiger partial charge in [0.15, 0.2) is 0 Å². The zero-order valence-electron chi connectivity index (χ0n) is 11.9. The van der Waals surface area contributed by atoms with Gasteiger partial charge in [-0.2, -0.15) is 0 Å². The minimum absolute atomic E-state index is 0.0987. The molecule has 2 atom stereocenters. The van der Waals surface area contributed by atoms with Crippen LogP contribution in [0.15, 0.2) is 48.7 Å². The smallest absolute Gasteiger partial charge is 0.0439 e. The maximum atomic E-state index is 11.6. The Kier molecular flexibility index (Phi) is 5.44. The maximum Gasteiger partial charge on any atom is 0.0439 e. The minimum atomic E-state index is -0.837. The molecule has 4 heteroatoms. The zero-order chi connectivity index (χ0) is 14.4. The third-order valence-corrected chi connectivity index (χ3v) is 4.06. The van der Waals surface area contributed by atoms with E-state index in [1.165, 1.54) is 11.1 Å². The Morgan fingerprint density at radius 3 is 2.60 bits per heavy atom. The van der Waals surface area contributed by atoms with E-state index < -0.39 is 10.8 Å². The Hall–Kier alpha value is -1.52. The van der Waals surface area contributed by atoms with Crippen LogP contribution in [0.2, 0.25) is 0 Å². The van der Waals surface area contributed by atoms with Gasteiger partial charge in [-0.15, -0.1) is 0 Å². The van der Waals surface area contributed by atoms with Crippen molar-refractivity contribution in [3.8, 4) is 0 Å². The van der Waals surface area contributed by atoms with Gasteiger partial charge in [-0.1, -0.05) is 36.4 Å². The van der Waals surface area contributed by atoms with Gasteiger partial charge >= 0.3 is 0 Å². The Bertz CT molecular complexity index is 572. The molecule has 0 radical (unpaired) electrons. The quantitative estimate of drug-likeness (QED) is 0.888. The van der Waals surface area contributed by atoms with Crippen LogP contribution in [0.4, 0.5) is 0 Å². The van der Waals surface area contributed by atoms with Crippen LogP contribution in [0.5, 0.6) is 0 Å². The molecule has 0 saturated carbocycles. The number of hydrogen-bond donors (Lipinski definition) is 1. The number of benzene rings is 1. The van der Waals surface area contributed by atoms with Crippen LogP contribution >= 0.6 is 0 Å². The maximum absolute atomic E-state index is 11.6. The molecule has 0 fully saturated rings. The van der Waals surface area contributed by atoms with Crippen molar-refractivity contribution in [3.05, 3.63) is 65.5 Å². The first kappa shape index (κ1) is 14.9. The predicted molar refractivity (Wildman–Crippen MR) is 83.9 cm³/mol. The van der Waals surface area contributed by atoms with Crippen LogP contribution in [0, 0.1) is 6.92 Å². The number of hydrogen-bond acceptors (Lipinski definition) is 3. The summed E-state index contributed by atoms with van der Waals surface area (Å²) in [6, 6.07) is 14.3. The third kappa shape index (κ3) is 4.25. The highest BCUT2D eigenvalue weighted by molar-refractivity contribution is 7.84. The van der Waals surface area contributed by atoms with E-state index in [0.717, 1.165) is 12.2 Å². The van der Waals surface area contributed by atoms with Crippen LogP contribution in [0.3, 0.4) is 0 Å². The molecule has 1 aromatic heterocycles. The number of nitrogens with one attached hydrogen (secondary N) is 1. The van der Waals surface area contributed by atoms with Crippen molar-refractivity contribution in [2.45, 2.75) is 19.5 Å². The van der Waals surface area contributed by atoms with Gasteiger partial charge in [0, 0.05) is 47.3 Å². The molecule has 1 N–H and O–H groups in total. The summed E-state index contributed by atoms with van der Waals surface area (Å²) in [4.78, 5) is 4.29. The average Bonchev–Trinajstić information content (AvgIpc) is 2.45. The summed E-state index contributed by atoms with van der Waals surface area (Å²) in [5.74, 6) is 0.614. The van der Waals surface area contributed by atoms with Gasteiger partial charge in [0.25, 0.3) is 0 Å². The summed E-state index contributed by atoms with van der Waals surface area (Å²) in [6.45, 7) is 2.74. The van der Waals surface area contributed by atoms with Crippen molar-refractivity contribution in [2.75, 3.05) is 12.0 Å². The first-order chi connectivity index (χ1) is 9.66. The minimum Gasteiger partial charge on any atom is -0.305 e. The lowest BCUT2D eigenvalue weighted by Crippen LogP contribution is -2.26. The second-order valence-electron chi connectivity index (χ2n) is 4.83. The number of aromatic nitrogens is 1. The van der Waals surface area contributed by atoms with Gasteiger partial charge in [-0.25, -0.2) is 0 Å². The molecule has 0 saturated heterocycles. The summed E-state index contributed by atoms with van der Waals surface area (Å²) in [7, 11) is -0.837. The molecular formula is C16H20N2OS. The lowest BCUT2D eigenvalue weighted by Gasteiger charge is -2.18. The van der Waals surface area contributed by atoms with Crippen LogP contribution in [-0.4, -0.2) is 21.2 Å². The summed E-state index contributed by atoms with van der Waals surface area (Å²) >= 11 is 0. The Morgan fingerprint density at radius 1 is 1.20 bits per heavy atom. The highest BCUT2D eigenvalue weighted by Crippen LogP contribution is 2.15. The topological polar surface area (TPSA) is 42.0 Å². The van der Waals surface area contributed by atoms with Crippen LogP contribution in [0.1, 0.15) is 22.9 Å². The average molecular weight is 288 g/mol. The molecule has 0 spiro atoms. The van der Waals surface area contributed by atoms with Crippen LogP contribution in [0.25, 0.3) is 0 Å². The Balaban J connectivity index is 2.09. The van der Waals surface area contributed by atoms with Crippen molar-refractivity contribution in [2.24, 2.45) is 0 Å². The molecule has 20 heavy (non-hydrogen) atoms. The molecule has 0 aliphatic carbocycles. The molecule has 3 nitrogen and oxygen atoms in total. The van der Waals surface area contributed by atoms with E-state index in [1.807, 2.05) is 31.2 Å². The second kappa shape index (κ2) is 7.31. The normalized spacial score (nSPS) is 13.9. The molecule has 2 rings (SSSR count). The standard InChI is InChI=1S/C16H20N2OS/c1-13-15(9-6-10-17-13)11-18-16(12-20(2)19)14-7-4-3-5-8-14/h3-10,16,18H,11-12H2,1-2H3/t16-,20+/m1/s1. The summed E-state index contributed by atoms with van der Waals surface area (Å²) < 4.78 is 11.6. The Labute approximate surface area is 122 Å². The predicted octanol–water partition coefficient (Wildman–Crippen LogP) is 2.60. The van der Waals surface area contributed by atoms with Gasteiger partial charge in [-0.3, -0.25) is 9.19 Å². The molecule has 0 bridgehead atoms. The largest absolute Gasteiger partial charge is 0.305 e. The summed E-state index contributed by atoms with van der Waals surface area (Å²) in [6.07, 6.45) is 3.54.